The van der Waals surface area contributed by atoms with E-state index in [9.17, 15) is 24.0 Å². The number of imidazole rings is 1. The lowest BCUT2D eigenvalue weighted by Gasteiger charge is -2.46. The highest BCUT2D eigenvalue weighted by atomic mass is 16.2. The molecule has 0 spiro atoms. The largest absolute Gasteiger partial charge is 0.351 e. The summed E-state index contributed by atoms with van der Waals surface area (Å²) < 4.78 is 2.81. The second kappa shape index (κ2) is 14.5. The van der Waals surface area contributed by atoms with Crippen LogP contribution in [0.25, 0.3) is 0 Å². The Labute approximate surface area is 258 Å². The third kappa shape index (κ3) is 8.23. The number of anilines is 1. The van der Waals surface area contributed by atoms with E-state index in [0.29, 0.717) is 24.2 Å². The third-order valence-electron chi connectivity index (χ3n) is 8.82. The maximum atomic E-state index is 13.4. The molecular weight excluding hydrogens is 562 g/mol. The first-order chi connectivity index (χ1) is 20.9. The topological polar surface area (TPSA) is 147 Å². The number of nitrogens with zero attached hydrogens (tertiary/aromatic N) is 4. The number of nitrogens with one attached hydrogen (secondary N) is 3. The summed E-state index contributed by atoms with van der Waals surface area (Å²) in [5, 5.41) is 8.56. The second-order valence-corrected chi connectivity index (χ2v) is 12.7. The minimum atomic E-state index is -1.01. The molecule has 2 aromatic rings. The lowest BCUT2D eigenvalue weighted by atomic mass is 9.63. The van der Waals surface area contributed by atoms with Gasteiger partial charge in [-0.3, -0.25) is 24.0 Å². The van der Waals surface area contributed by atoms with E-state index in [-0.39, 0.29) is 42.2 Å². The molecule has 0 aliphatic heterocycles. The van der Waals surface area contributed by atoms with Gasteiger partial charge in [-0.2, -0.15) is 0 Å². The molecule has 2 fully saturated rings. The quantitative estimate of drug-likeness (QED) is 0.334. The number of amides is 4. The summed E-state index contributed by atoms with van der Waals surface area (Å²) in [5.74, 6) is 0.686. The van der Waals surface area contributed by atoms with Gasteiger partial charge in [-0.15, -0.1) is 0 Å². The van der Waals surface area contributed by atoms with Gasteiger partial charge in [0.1, 0.15) is 24.0 Å². The SMILES string of the molecule is CC1CC2CC(C)C(NC(=O)Cn3cccc(NC(=O)C(CC/C=C/C(=O)N(C)C)NC(=O)c4cncn4C)c3=O)C(C1)C2. The van der Waals surface area contributed by atoms with Crippen molar-refractivity contribution in [2.75, 3.05) is 19.4 Å². The molecule has 6 unspecified atom stereocenters. The summed E-state index contributed by atoms with van der Waals surface area (Å²) >= 11 is 0. The van der Waals surface area contributed by atoms with Crippen molar-refractivity contribution in [2.24, 2.45) is 30.7 Å². The molecule has 0 saturated heterocycles. The number of rotatable bonds is 11. The first-order valence-electron chi connectivity index (χ1n) is 15.4. The Morgan fingerprint density at radius 2 is 1.91 bits per heavy atom. The van der Waals surface area contributed by atoms with E-state index in [2.05, 4.69) is 34.8 Å². The molecule has 2 bridgehead atoms. The molecule has 0 radical (unpaired) electrons. The lowest BCUT2D eigenvalue weighted by Crippen LogP contribution is -2.51. The molecule has 3 N–H and O–H groups in total. The summed E-state index contributed by atoms with van der Waals surface area (Å²) in [6, 6.07) is 2.14. The van der Waals surface area contributed by atoms with Crippen LogP contribution < -0.4 is 21.5 Å². The zero-order valence-corrected chi connectivity index (χ0v) is 26.3. The molecule has 12 nitrogen and oxygen atoms in total. The maximum Gasteiger partial charge on any atom is 0.274 e. The van der Waals surface area contributed by atoms with Gasteiger partial charge in [0.25, 0.3) is 11.5 Å². The molecule has 2 saturated carbocycles. The molecule has 12 heteroatoms. The van der Waals surface area contributed by atoms with Crippen molar-refractivity contribution >= 4 is 29.3 Å². The Hall–Kier alpha value is -4.22. The van der Waals surface area contributed by atoms with E-state index in [1.165, 1.54) is 51.3 Å². The molecule has 6 atom stereocenters. The second-order valence-electron chi connectivity index (χ2n) is 12.7. The van der Waals surface area contributed by atoms with Crippen molar-refractivity contribution in [1.82, 2.24) is 29.7 Å². The Morgan fingerprint density at radius 1 is 1.14 bits per heavy atom. The van der Waals surface area contributed by atoms with E-state index in [4.69, 9.17) is 0 Å². The highest BCUT2D eigenvalue weighted by molar-refractivity contribution is 6.00. The standard InChI is InChI=1S/C32H45N7O5/c1-20-13-22-15-21(2)29(23(14-20)16-22)36-27(40)18-39-12-8-10-25(32(39)44)35-30(42)24(9-6-7-11-28(41)37(3)4)34-31(43)26-17-33-19-38(26)5/h7-8,10-12,17,19-24,29H,6,9,13-16,18H2,1-5H3,(H,34,43)(H,35,42)(H,36,40)/b11-7+. The van der Waals surface area contributed by atoms with Gasteiger partial charge in [0.2, 0.25) is 17.7 Å². The molecule has 2 aliphatic carbocycles. The smallest absolute Gasteiger partial charge is 0.274 e. The van der Waals surface area contributed by atoms with E-state index in [1.54, 1.807) is 33.3 Å². The number of fused-ring (bicyclic) bond motifs is 2. The van der Waals surface area contributed by atoms with Crippen LogP contribution in [-0.4, -0.2) is 68.8 Å². The Balaban J connectivity index is 1.43. The third-order valence-corrected chi connectivity index (χ3v) is 8.82. The molecule has 2 aliphatic rings. The minimum Gasteiger partial charge on any atom is -0.351 e. The molecule has 2 heterocycles. The van der Waals surface area contributed by atoms with Crippen molar-refractivity contribution in [3.05, 3.63) is 59.1 Å². The number of carbonyl (C=O) groups is 4. The fourth-order valence-corrected chi connectivity index (χ4v) is 6.72. The Bertz CT molecular complexity index is 1440. The van der Waals surface area contributed by atoms with Crippen LogP contribution in [-0.2, 0) is 28.0 Å². The fraction of sp³-hybridized carbons (Fsp3) is 0.562. The van der Waals surface area contributed by atoms with Crippen molar-refractivity contribution in [2.45, 2.75) is 71.0 Å². The summed E-state index contributed by atoms with van der Waals surface area (Å²) in [5.41, 5.74) is -0.259. The van der Waals surface area contributed by atoms with Crippen LogP contribution in [0.3, 0.4) is 0 Å². The van der Waals surface area contributed by atoms with Crippen LogP contribution in [0.5, 0.6) is 0 Å². The summed E-state index contributed by atoms with van der Waals surface area (Å²) in [7, 11) is 4.93. The average Bonchev–Trinajstić information content (AvgIpc) is 3.40. The number of allylic oxidation sites excluding steroid dienone is 1. The van der Waals surface area contributed by atoms with Crippen molar-refractivity contribution in [3.8, 4) is 0 Å². The van der Waals surface area contributed by atoms with E-state index in [0.717, 1.165) is 25.2 Å². The van der Waals surface area contributed by atoms with E-state index >= 15 is 0 Å². The van der Waals surface area contributed by atoms with Crippen molar-refractivity contribution in [3.63, 3.8) is 0 Å². The molecule has 0 aromatic carbocycles. The lowest BCUT2D eigenvalue weighted by molar-refractivity contribution is -0.124. The van der Waals surface area contributed by atoms with E-state index in [1.807, 2.05) is 0 Å². The number of likely N-dealkylation sites (N-methyl/N-ethyl adjacent to an activating group) is 1. The number of aryl methyl sites for hydroxylation is 1. The fourth-order valence-electron chi connectivity index (χ4n) is 6.72. The van der Waals surface area contributed by atoms with Gasteiger partial charge in [-0.05, 0) is 80.4 Å². The van der Waals surface area contributed by atoms with Crippen molar-refractivity contribution < 1.29 is 19.2 Å². The van der Waals surface area contributed by atoms with Gasteiger partial charge in [-0.25, -0.2) is 4.98 Å². The zero-order valence-electron chi connectivity index (χ0n) is 26.3. The predicted molar refractivity (Wildman–Crippen MR) is 167 cm³/mol. The number of hydrogen-bond donors (Lipinski definition) is 3. The molecule has 4 rings (SSSR count). The van der Waals surface area contributed by atoms with Gasteiger partial charge in [0.15, 0.2) is 0 Å². The normalized spacial score (nSPS) is 23.5. The van der Waals surface area contributed by atoms with Crippen LogP contribution in [0.4, 0.5) is 5.69 Å². The molecule has 2 aromatic heterocycles. The van der Waals surface area contributed by atoms with Crippen LogP contribution >= 0.6 is 0 Å². The number of aromatic nitrogens is 3. The summed E-state index contributed by atoms with van der Waals surface area (Å²) in [6.07, 6.45) is 12.5. The highest BCUT2D eigenvalue weighted by Crippen LogP contribution is 2.44. The zero-order chi connectivity index (χ0) is 32.0. The highest BCUT2D eigenvalue weighted by Gasteiger charge is 2.40. The van der Waals surface area contributed by atoms with Crippen LogP contribution in [0.15, 0.2) is 47.8 Å². The molecule has 44 heavy (non-hydrogen) atoms. The molecule has 238 valence electrons. The average molecular weight is 608 g/mol. The first kappa shape index (κ1) is 32.7. The number of pyridine rings is 1. The van der Waals surface area contributed by atoms with Gasteiger partial charge < -0.3 is 30.0 Å². The van der Waals surface area contributed by atoms with Gasteiger partial charge in [0.05, 0.1) is 12.5 Å². The van der Waals surface area contributed by atoms with E-state index < -0.39 is 23.4 Å². The Morgan fingerprint density at radius 3 is 2.61 bits per heavy atom. The Kier molecular flexibility index (Phi) is 10.8. The van der Waals surface area contributed by atoms with Crippen LogP contribution in [0.2, 0.25) is 0 Å². The summed E-state index contributed by atoms with van der Waals surface area (Å²) in [4.78, 5) is 69.9. The summed E-state index contributed by atoms with van der Waals surface area (Å²) in [6.45, 7) is 4.32. The molecule has 4 amide bonds. The van der Waals surface area contributed by atoms with Gasteiger partial charge >= 0.3 is 0 Å². The van der Waals surface area contributed by atoms with Crippen LogP contribution in [0.1, 0.15) is 62.9 Å². The minimum absolute atomic E-state index is 0.00149. The molecular formula is C32H45N7O5. The van der Waals surface area contributed by atoms with Gasteiger partial charge in [-0.1, -0.05) is 19.9 Å². The van der Waals surface area contributed by atoms with Crippen LogP contribution in [0, 0.1) is 23.7 Å². The van der Waals surface area contributed by atoms with Crippen molar-refractivity contribution in [1.29, 1.82) is 0 Å². The predicted octanol–water partition coefficient (Wildman–Crippen LogP) is 2.32. The number of hydrogen-bond acceptors (Lipinski definition) is 6. The number of carbonyl (C=O) groups excluding carboxylic acids is 4. The first-order valence-corrected chi connectivity index (χ1v) is 15.4. The monoisotopic (exact) mass is 607 g/mol. The van der Waals surface area contributed by atoms with Gasteiger partial charge in [0, 0.05) is 33.4 Å². The maximum absolute atomic E-state index is 13.4.